The summed E-state index contributed by atoms with van der Waals surface area (Å²) >= 11 is 0. The van der Waals surface area contributed by atoms with Crippen LogP contribution in [-0.4, -0.2) is 4.98 Å². The maximum atomic E-state index is 4.69. The van der Waals surface area contributed by atoms with Gasteiger partial charge in [0.2, 0.25) is 0 Å². The Morgan fingerprint density at radius 2 is 1.29 bits per heavy atom. The number of nitrogens with zero attached hydrogens (tertiary/aromatic N) is 1. The van der Waals surface area contributed by atoms with Crippen molar-refractivity contribution >= 4 is 0 Å². The normalized spacial score (nSPS) is 12.5. The quantitative estimate of drug-likeness (QED) is 0.658. The second kappa shape index (κ2) is 5.29. The largest absolute Gasteiger partial charge is 0.253 e. The van der Waals surface area contributed by atoms with Gasteiger partial charge in [0.1, 0.15) is 0 Å². The van der Waals surface area contributed by atoms with Gasteiger partial charge >= 0.3 is 0 Å². The Labute approximate surface area is 129 Å². The lowest BCUT2D eigenvalue weighted by molar-refractivity contribution is 0.569. The number of hydrogen-bond acceptors (Lipinski definition) is 1. The summed E-state index contributed by atoms with van der Waals surface area (Å²) in [4.78, 5) is 4.69. The Bertz CT molecular complexity index is 607. The van der Waals surface area contributed by atoms with Crippen molar-refractivity contribution in [3.8, 4) is 11.3 Å². The number of benzene rings is 1. The highest BCUT2D eigenvalue weighted by molar-refractivity contribution is 5.62. The van der Waals surface area contributed by atoms with Crippen LogP contribution in [0.25, 0.3) is 11.3 Å². The molecule has 112 valence electrons. The van der Waals surface area contributed by atoms with Gasteiger partial charge in [-0.05, 0) is 53.1 Å². The van der Waals surface area contributed by atoms with E-state index in [0.29, 0.717) is 0 Å². The van der Waals surface area contributed by atoms with E-state index in [1.54, 1.807) is 0 Å². The number of aromatic nitrogens is 1. The van der Waals surface area contributed by atoms with Crippen LogP contribution < -0.4 is 0 Å². The maximum absolute atomic E-state index is 4.69. The Morgan fingerprint density at radius 1 is 0.762 bits per heavy atom. The van der Waals surface area contributed by atoms with Crippen LogP contribution in [0.2, 0.25) is 0 Å². The third-order valence-corrected chi connectivity index (χ3v) is 3.85. The molecule has 0 saturated carbocycles. The van der Waals surface area contributed by atoms with Crippen molar-refractivity contribution in [2.45, 2.75) is 59.3 Å². The fourth-order valence-electron chi connectivity index (χ4n) is 2.35. The summed E-state index contributed by atoms with van der Waals surface area (Å²) in [5.74, 6) is 0. The highest BCUT2D eigenvalue weighted by Crippen LogP contribution is 2.33. The molecule has 0 spiro atoms. The molecule has 21 heavy (non-hydrogen) atoms. The van der Waals surface area contributed by atoms with E-state index >= 15 is 0 Å². The lowest BCUT2D eigenvalue weighted by atomic mass is 9.79. The Morgan fingerprint density at radius 3 is 1.71 bits per heavy atom. The molecule has 2 rings (SSSR count). The smallest absolute Gasteiger partial charge is 0.0705 e. The van der Waals surface area contributed by atoms with E-state index in [-0.39, 0.29) is 10.8 Å². The highest BCUT2D eigenvalue weighted by Gasteiger charge is 2.21. The minimum Gasteiger partial charge on any atom is -0.253 e. The molecule has 1 aromatic carbocycles. The van der Waals surface area contributed by atoms with Crippen LogP contribution in [0.4, 0.5) is 0 Å². The van der Waals surface area contributed by atoms with Gasteiger partial charge < -0.3 is 0 Å². The predicted molar refractivity (Wildman–Crippen MR) is 91.8 cm³/mol. The number of hydrogen-bond donors (Lipinski definition) is 0. The summed E-state index contributed by atoms with van der Waals surface area (Å²) in [5, 5.41) is 0. The molecule has 0 amide bonds. The SMILES string of the molecule is Cc1cccc(-c2cc(C(C)(C)C)cc(C(C)(C)C)c2)n1. The summed E-state index contributed by atoms with van der Waals surface area (Å²) in [6, 6.07) is 13.1. The standard InChI is InChI=1S/C20H27N/c1-14-9-8-10-18(21-14)15-11-16(19(2,3)4)13-17(12-15)20(5,6)7/h8-13H,1-7H3. The molecule has 1 heteroatoms. The van der Waals surface area contributed by atoms with Crippen molar-refractivity contribution in [1.82, 2.24) is 4.98 Å². The lowest BCUT2D eigenvalue weighted by Gasteiger charge is -2.26. The molecule has 1 nitrogen and oxygen atoms in total. The average molecular weight is 281 g/mol. The fraction of sp³-hybridized carbons (Fsp3) is 0.450. The minimum atomic E-state index is 0.139. The van der Waals surface area contributed by atoms with E-state index in [1.165, 1.54) is 16.7 Å². The first-order chi connectivity index (χ1) is 9.57. The molecule has 1 aromatic heterocycles. The molecule has 0 N–H and O–H groups in total. The lowest BCUT2D eigenvalue weighted by Crippen LogP contribution is -2.16. The predicted octanol–water partition coefficient (Wildman–Crippen LogP) is 5.65. The van der Waals surface area contributed by atoms with Crippen molar-refractivity contribution in [3.63, 3.8) is 0 Å². The third kappa shape index (κ3) is 3.72. The van der Waals surface area contributed by atoms with E-state index in [0.717, 1.165) is 11.4 Å². The first-order valence-corrected chi connectivity index (χ1v) is 7.67. The molecule has 0 unspecified atom stereocenters. The van der Waals surface area contributed by atoms with Gasteiger partial charge in [-0.15, -0.1) is 0 Å². The molecular formula is C20H27N. The van der Waals surface area contributed by atoms with E-state index in [9.17, 15) is 0 Å². The first kappa shape index (κ1) is 15.8. The number of aryl methyl sites for hydroxylation is 1. The number of rotatable bonds is 1. The van der Waals surface area contributed by atoms with Crippen molar-refractivity contribution in [2.75, 3.05) is 0 Å². The molecule has 1 heterocycles. The number of pyridine rings is 1. The topological polar surface area (TPSA) is 12.9 Å². The second-order valence-corrected chi connectivity index (χ2v) is 7.96. The molecule has 0 fully saturated rings. The summed E-state index contributed by atoms with van der Waals surface area (Å²) < 4.78 is 0. The van der Waals surface area contributed by atoms with Crippen molar-refractivity contribution in [1.29, 1.82) is 0 Å². The molecule has 0 aliphatic carbocycles. The molecule has 0 radical (unpaired) electrons. The van der Waals surface area contributed by atoms with Gasteiger partial charge in [-0.25, -0.2) is 0 Å². The van der Waals surface area contributed by atoms with Crippen LogP contribution in [-0.2, 0) is 10.8 Å². The minimum absolute atomic E-state index is 0.139. The Hall–Kier alpha value is -1.63. The molecule has 0 aliphatic rings. The highest BCUT2D eigenvalue weighted by atomic mass is 14.7. The van der Waals surface area contributed by atoms with Crippen LogP contribution >= 0.6 is 0 Å². The van der Waals surface area contributed by atoms with Crippen molar-refractivity contribution in [2.24, 2.45) is 0 Å². The molecule has 2 aromatic rings. The second-order valence-electron chi connectivity index (χ2n) is 7.96. The molecule has 0 bridgehead atoms. The molecule has 0 aliphatic heterocycles. The maximum Gasteiger partial charge on any atom is 0.0705 e. The van der Waals surface area contributed by atoms with Gasteiger partial charge in [0.05, 0.1) is 5.69 Å². The van der Waals surface area contributed by atoms with Gasteiger partial charge in [0.25, 0.3) is 0 Å². The third-order valence-electron chi connectivity index (χ3n) is 3.85. The average Bonchev–Trinajstić information content (AvgIpc) is 2.36. The molecule has 0 atom stereocenters. The van der Waals surface area contributed by atoms with Crippen LogP contribution in [0.3, 0.4) is 0 Å². The van der Waals surface area contributed by atoms with Crippen molar-refractivity contribution in [3.05, 3.63) is 53.2 Å². The first-order valence-electron chi connectivity index (χ1n) is 7.67. The van der Waals surface area contributed by atoms with Crippen LogP contribution in [0.15, 0.2) is 36.4 Å². The monoisotopic (exact) mass is 281 g/mol. The van der Waals surface area contributed by atoms with Crippen molar-refractivity contribution < 1.29 is 0 Å². The van der Waals surface area contributed by atoms with E-state index in [4.69, 9.17) is 0 Å². The van der Waals surface area contributed by atoms with E-state index in [1.807, 2.05) is 13.0 Å². The van der Waals surface area contributed by atoms with E-state index in [2.05, 4.69) is 76.9 Å². The van der Waals surface area contributed by atoms with Gasteiger partial charge in [0, 0.05) is 11.3 Å². The summed E-state index contributed by atoms with van der Waals surface area (Å²) in [6.45, 7) is 15.6. The summed E-state index contributed by atoms with van der Waals surface area (Å²) in [7, 11) is 0. The summed E-state index contributed by atoms with van der Waals surface area (Å²) in [5.41, 5.74) is 6.36. The van der Waals surface area contributed by atoms with Gasteiger partial charge in [0.15, 0.2) is 0 Å². The van der Waals surface area contributed by atoms with Crippen LogP contribution in [0, 0.1) is 6.92 Å². The zero-order valence-corrected chi connectivity index (χ0v) is 14.4. The zero-order chi connectivity index (χ0) is 15.8. The Balaban J connectivity index is 2.66. The zero-order valence-electron chi connectivity index (χ0n) is 14.4. The van der Waals surface area contributed by atoms with Crippen LogP contribution in [0.5, 0.6) is 0 Å². The molecular weight excluding hydrogens is 254 g/mol. The fourth-order valence-corrected chi connectivity index (χ4v) is 2.35. The van der Waals surface area contributed by atoms with Crippen LogP contribution in [0.1, 0.15) is 58.4 Å². The van der Waals surface area contributed by atoms with Gasteiger partial charge in [-0.2, -0.15) is 0 Å². The van der Waals surface area contributed by atoms with Gasteiger partial charge in [-0.3, -0.25) is 4.98 Å². The Kier molecular flexibility index (Phi) is 3.97. The molecule has 0 saturated heterocycles. The summed E-state index contributed by atoms with van der Waals surface area (Å²) in [6.07, 6.45) is 0. The van der Waals surface area contributed by atoms with Gasteiger partial charge in [-0.1, -0.05) is 53.7 Å². The van der Waals surface area contributed by atoms with E-state index < -0.39 is 0 Å².